The summed E-state index contributed by atoms with van der Waals surface area (Å²) in [6.45, 7) is 0.952. The van der Waals surface area contributed by atoms with E-state index >= 15 is 0 Å². The molecule has 7 heteroatoms. The standard InChI is InChI=1S/C20H17N3O4/c21-12-13-2-1-3-14(10-13)22-18(24)20(6-7-20)19(25)23-15-4-5-16-17(11-15)27-9-8-26-16/h1-5,10-11H,6-9H2,(H,22,24)(H,23,25). The molecule has 1 heterocycles. The van der Waals surface area contributed by atoms with E-state index in [0.29, 0.717) is 54.5 Å². The fourth-order valence-electron chi connectivity index (χ4n) is 2.97. The Bertz CT molecular complexity index is 960. The van der Waals surface area contributed by atoms with Gasteiger partial charge in [-0.25, -0.2) is 0 Å². The topological polar surface area (TPSA) is 100 Å². The zero-order valence-corrected chi connectivity index (χ0v) is 14.5. The van der Waals surface area contributed by atoms with E-state index in [-0.39, 0.29) is 11.8 Å². The van der Waals surface area contributed by atoms with Gasteiger partial charge in [0.25, 0.3) is 0 Å². The van der Waals surface area contributed by atoms with E-state index in [9.17, 15) is 9.59 Å². The molecular formula is C20H17N3O4. The van der Waals surface area contributed by atoms with Crippen LogP contribution in [0.5, 0.6) is 11.5 Å². The van der Waals surface area contributed by atoms with Gasteiger partial charge >= 0.3 is 0 Å². The molecule has 2 aliphatic rings. The average molecular weight is 363 g/mol. The first kappa shape index (κ1) is 16.9. The van der Waals surface area contributed by atoms with E-state index in [4.69, 9.17) is 14.7 Å². The van der Waals surface area contributed by atoms with Crippen molar-refractivity contribution in [3.05, 3.63) is 48.0 Å². The molecule has 0 bridgehead atoms. The molecule has 2 aromatic rings. The predicted octanol–water partition coefficient (Wildman–Crippen LogP) is 2.69. The Hall–Kier alpha value is -3.53. The van der Waals surface area contributed by atoms with Crippen LogP contribution in [0.4, 0.5) is 11.4 Å². The third-order valence-electron chi connectivity index (χ3n) is 4.67. The van der Waals surface area contributed by atoms with Gasteiger partial charge in [0.1, 0.15) is 18.6 Å². The molecule has 1 aliphatic carbocycles. The van der Waals surface area contributed by atoms with Gasteiger partial charge in [-0.2, -0.15) is 5.26 Å². The number of benzene rings is 2. The molecule has 1 fully saturated rings. The van der Waals surface area contributed by atoms with Gasteiger partial charge in [-0.05, 0) is 43.2 Å². The van der Waals surface area contributed by atoms with Crippen molar-refractivity contribution < 1.29 is 19.1 Å². The molecule has 2 N–H and O–H groups in total. The summed E-state index contributed by atoms with van der Waals surface area (Å²) in [6, 6.07) is 13.8. The zero-order valence-electron chi connectivity index (χ0n) is 14.5. The van der Waals surface area contributed by atoms with E-state index in [2.05, 4.69) is 10.6 Å². The maximum Gasteiger partial charge on any atom is 0.240 e. The van der Waals surface area contributed by atoms with Crippen LogP contribution in [0, 0.1) is 16.7 Å². The third kappa shape index (κ3) is 3.29. The molecule has 0 radical (unpaired) electrons. The molecule has 2 amide bonds. The zero-order chi connectivity index (χ0) is 18.9. The number of nitrogens with zero attached hydrogens (tertiary/aromatic N) is 1. The van der Waals surface area contributed by atoms with Crippen molar-refractivity contribution in [1.82, 2.24) is 0 Å². The predicted molar refractivity (Wildman–Crippen MR) is 97.5 cm³/mol. The Balaban J connectivity index is 1.46. The fraction of sp³-hybridized carbons (Fsp3) is 0.250. The van der Waals surface area contributed by atoms with Crippen molar-refractivity contribution in [3.63, 3.8) is 0 Å². The smallest absolute Gasteiger partial charge is 0.240 e. The quantitative estimate of drug-likeness (QED) is 0.814. The summed E-state index contributed by atoms with van der Waals surface area (Å²) in [5.74, 6) is 0.484. The second-order valence-corrected chi connectivity index (χ2v) is 6.54. The highest BCUT2D eigenvalue weighted by Crippen LogP contribution is 2.47. The van der Waals surface area contributed by atoms with Gasteiger partial charge in [-0.15, -0.1) is 0 Å². The second kappa shape index (κ2) is 6.65. The first-order valence-corrected chi connectivity index (χ1v) is 8.63. The van der Waals surface area contributed by atoms with Crippen LogP contribution < -0.4 is 20.1 Å². The number of hydrogen-bond donors (Lipinski definition) is 2. The van der Waals surface area contributed by atoms with Gasteiger partial charge in [-0.1, -0.05) is 6.07 Å². The Labute approximate surface area is 155 Å². The van der Waals surface area contributed by atoms with Crippen molar-refractivity contribution >= 4 is 23.2 Å². The van der Waals surface area contributed by atoms with Crippen molar-refractivity contribution in [1.29, 1.82) is 5.26 Å². The highest BCUT2D eigenvalue weighted by Gasteiger charge is 2.56. The summed E-state index contributed by atoms with van der Waals surface area (Å²) >= 11 is 0. The van der Waals surface area contributed by atoms with Gasteiger partial charge in [-0.3, -0.25) is 9.59 Å². The van der Waals surface area contributed by atoms with Crippen LogP contribution >= 0.6 is 0 Å². The number of carbonyl (C=O) groups is 2. The molecule has 1 saturated carbocycles. The molecule has 1 aliphatic heterocycles. The second-order valence-electron chi connectivity index (χ2n) is 6.54. The summed E-state index contributed by atoms with van der Waals surface area (Å²) < 4.78 is 11.0. The molecule has 0 unspecified atom stereocenters. The minimum Gasteiger partial charge on any atom is -0.486 e. The van der Waals surface area contributed by atoms with E-state index in [1.807, 2.05) is 6.07 Å². The number of fused-ring (bicyclic) bond motifs is 1. The summed E-state index contributed by atoms with van der Waals surface area (Å²) in [7, 11) is 0. The molecule has 0 saturated heterocycles. The molecular weight excluding hydrogens is 346 g/mol. The van der Waals surface area contributed by atoms with Crippen molar-refractivity contribution in [2.45, 2.75) is 12.8 Å². The molecule has 2 aromatic carbocycles. The largest absolute Gasteiger partial charge is 0.486 e. The van der Waals surface area contributed by atoms with Crippen LogP contribution in [0.25, 0.3) is 0 Å². The first-order chi connectivity index (χ1) is 13.1. The lowest BCUT2D eigenvalue weighted by atomic mass is 10.0. The minimum absolute atomic E-state index is 0.354. The maximum atomic E-state index is 12.7. The molecule has 0 aromatic heterocycles. The number of rotatable bonds is 4. The third-order valence-corrected chi connectivity index (χ3v) is 4.67. The van der Waals surface area contributed by atoms with Gasteiger partial charge in [0.2, 0.25) is 11.8 Å². The molecule has 136 valence electrons. The Morgan fingerprint density at radius 2 is 1.59 bits per heavy atom. The number of anilines is 2. The lowest BCUT2D eigenvalue weighted by molar-refractivity contribution is -0.131. The van der Waals surface area contributed by atoms with E-state index < -0.39 is 5.41 Å². The van der Waals surface area contributed by atoms with Crippen molar-refractivity contribution in [3.8, 4) is 17.6 Å². The van der Waals surface area contributed by atoms with Crippen LogP contribution in [-0.2, 0) is 9.59 Å². The van der Waals surface area contributed by atoms with Crippen LogP contribution in [0.15, 0.2) is 42.5 Å². The van der Waals surface area contributed by atoms with Crippen molar-refractivity contribution in [2.75, 3.05) is 23.8 Å². The number of carbonyl (C=O) groups excluding carboxylic acids is 2. The minimum atomic E-state index is -1.09. The first-order valence-electron chi connectivity index (χ1n) is 8.63. The van der Waals surface area contributed by atoms with E-state index in [1.165, 1.54) is 0 Å². The maximum absolute atomic E-state index is 12.7. The normalized spacial score (nSPS) is 16.0. The molecule has 4 rings (SSSR count). The van der Waals surface area contributed by atoms with Gasteiger partial charge in [0.15, 0.2) is 11.5 Å². The molecule has 27 heavy (non-hydrogen) atoms. The number of nitriles is 1. The number of hydrogen-bond acceptors (Lipinski definition) is 5. The molecule has 0 atom stereocenters. The average Bonchev–Trinajstić information content (AvgIpc) is 3.50. The SMILES string of the molecule is N#Cc1cccc(NC(=O)C2(C(=O)Nc3ccc4c(c3)OCCO4)CC2)c1. The number of ether oxygens (including phenoxy) is 2. The van der Waals surface area contributed by atoms with Gasteiger partial charge in [0.05, 0.1) is 11.6 Å². The summed E-state index contributed by atoms with van der Waals surface area (Å²) in [6.07, 6.45) is 0.959. The Morgan fingerprint density at radius 1 is 0.926 bits per heavy atom. The van der Waals surface area contributed by atoms with E-state index in [0.717, 1.165) is 0 Å². The van der Waals surface area contributed by atoms with Gasteiger partial charge < -0.3 is 20.1 Å². The summed E-state index contributed by atoms with van der Waals surface area (Å²) in [5, 5.41) is 14.5. The van der Waals surface area contributed by atoms with E-state index in [1.54, 1.807) is 42.5 Å². The summed E-state index contributed by atoms with van der Waals surface area (Å²) in [5.41, 5.74) is 0.404. The summed E-state index contributed by atoms with van der Waals surface area (Å²) in [4.78, 5) is 25.4. The van der Waals surface area contributed by atoms with Crippen molar-refractivity contribution in [2.24, 2.45) is 5.41 Å². The number of nitrogens with one attached hydrogen (secondary N) is 2. The van der Waals surface area contributed by atoms with Crippen LogP contribution in [0.3, 0.4) is 0 Å². The monoisotopic (exact) mass is 363 g/mol. The van der Waals surface area contributed by atoms with Gasteiger partial charge in [0, 0.05) is 17.4 Å². The fourth-order valence-corrected chi connectivity index (χ4v) is 2.97. The lowest BCUT2D eigenvalue weighted by Gasteiger charge is -2.20. The molecule has 0 spiro atoms. The van der Waals surface area contributed by atoms with Crippen LogP contribution in [-0.4, -0.2) is 25.0 Å². The van der Waals surface area contributed by atoms with Crippen LogP contribution in [0.2, 0.25) is 0 Å². The lowest BCUT2D eigenvalue weighted by Crippen LogP contribution is -2.35. The van der Waals surface area contributed by atoms with Crippen LogP contribution in [0.1, 0.15) is 18.4 Å². The molecule has 7 nitrogen and oxygen atoms in total. The number of amides is 2. The highest BCUT2D eigenvalue weighted by molar-refractivity contribution is 6.17. The Kier molecular flexibility index (Phi) is 4.16. The Morgan fingerprint density at radius 3 is 2.26 bits per heavy atom. The highest BCUT2D eigenvalue weighted by atomic mass is 16.6.